The minimum Gasteiger partial charge on any atom is -0.497 e. The highest BCUT2D eigenvalue weighted by molar-refractivity contribution is 6.19. The summed E-state index contributed by atoms with van der Waals surface area (Å²) in [5.74, 6) is -2.27. The van der Waals surface area contributed by atoms with E-state index in [2.05, 4.69) is 66.0 Å². The lowest BCUT2D eigenvalue weighted by molar-refractivity contribution is -0.140. The van der Waals surface area contributed by atoms with Gasteiger partial charge in [-0.1, -0.05) is 6.07 Å². The van der Waals surface area contributed by atoms with Crippen LogP contribution in [0.15, 0.2) is 23.8 Å². The van der Waals surface area contributed by atoms with E-state index in [4.69, 9.17) is 4.74 Å². The lowest BCUT2D eigenvalue weighted by Gasteiger charge is -2.48. The fraction of sp³-hybridized carbons (Fsp3) is 0.655. The van der Waals surface area contributed by atoms with Gasteiger partial charge < -0.3 is 25.6 Å². The summed E-state index contributed by atoms with van der Waals surface area (Å²) in [4.78, 5) is 24.9. The number of rotatable bonds is 6. The standard InChI is InChI=1S/C29H44N2O5/c1-26(2)13-17(14-27(3,4)30-26)21-12-19(36-9)10-11-20(21)22(23(24(32)33)25(34)35)18-15-28(5,6)31-29(7,8)16-18/h10-12,17-18,30-31H,13-16H2,1-9H3,(H,32,33)(H,34,35). The molecule has 200 valence electrons. The van der Waals surface area contributed by atoms with E-state index >= 15 is 0 Å². The Labute approximate surface area is 215 Å². The number of carboxylic acids is 2. The van der Waals surface area contributed by atoms with E-state index in [-0.39, 0.29) is 34.0 Å². The minimum atomic E-state index is -1.40. The molecule has 0 atom stereocenters. The molecular formula is C29H44N2O5. The molecule has 0 aromatic heterocycles. The van der Waals surface area contributed by atoms with Crippen LogP contribution in [-0.4, -0.2) is 51.4 Å². The molecule has 3 rings (SSSR count). The second-order valence-electron chi connectivity index (χ2n) is 13.3. The summed E-state index contributed by atoms with van der Waals surface area (Å²) in [7, 11) is 1.61. The maximum absolute atomic E-state index is 12.4. The number of carbonyl (C=O) groups is 2. The third-order valence-electron chi connectivity index (χ3n) is 7.47. The molecule has 0 spiro atoms. The van der Waals surface area contributed by atoms with Crippen molar-refractivity contribution < 1.29 is 24.5 Å². The number of allylic oxidation sites excluding steroid dienone is 1. The summed E-state index contributed by atoms with van der Waals surface area (Å²) >= 11 is 0. The van der Waals surface area contributed by atoms with E-state index < -0.39 is 17.5 Å². The van der Waals surface area contributed by atoms with Crippen LogP contribution in [0, 0.1) is 5.92 Å². The van der Waals surface area contributed by atoms with Crippen molar-refractivity contribution in [1.29, 1.82) is 0 Å². The summed E-state index contributed by atoms with van der Waals surface area (Å²) in [5.41, 5.74) is 0.705. The molecule has 0 radical (unpaired) electrons. The first kappa shape index (κ1) is 28.2. The quantitative estimate of drug-likeness (QED) is 0.242. The first-order valence-electron chi connectivity index (χ1n) is 12.8. The van der Waals surface area contributed by atoms with Crippen molar-refractivity contribution in [2.24, 2.45) is 5.92 Å². The Kier molecular flexibility index (Phi) is 7.43. The van der Waals surface area contributed by atoms with Gasteiger partial charge in [0.2, 0.25) is 0 Å². The first-order valence-corrected chi connectivity index (χ1v) is 12.8. The molecular weight excluding hydrogens is 456 g/mol. The third-order valence-corrected chi connectivity index (χ3v) is 7.47. The van der Waals surface area contributed by atoms with Crippen LogP contribution in [0.5, 0.6) is 5.75 Å². The van der Waals surface area contributed by atoms with Gasteiger partial charge in [0.1, 0.15) is 11.3 Å². The van der Waals surface area contributed by atoms with E-state index in [0.717, 1.165) is 18.4 Å². The molecule has 2 fully saturated rings. The smallest absolute Gasteiger partial charge is 0.343 e. The van der Waals surface area contributed by atoms with E-state index in [1.807, 2.05) is 18.2 Å². The van der Waals surface area contributed by atoms with Crippen LogP contribution < -0.4 is 15.4 Å². The Bertz CT molecular complexity index is 1020. The first-order chi connectivity index (χ1) is 16.4. The number of hydrogen-bond acceptors (Lipinski definition) is 5. The van der Waals surface area contributed by atoms with Crippen LogP contribution >= 0.6 is 0 Å². The van der Waals surface area contributed by atoms with Crippen molar-refractivity contribution >= 4 is 17.5 Å². The fourth-order valence-electron chi connectivity index (χ4n) is 7.20. The number of nitrogens with one attached hydrogen (secondary N) is 2. The lowest BCUT2D eigenvalue weighted by atomic mass is 9.67. The van der Waals surface area contributed by atoms with Gasteiger partial charge in [0, 0.05) is 22.2 Å². The van der Waals surface area contributed by atoms with Gasteiger partial charge >= 0.3 is 11.9 Å². The number of carboxylic acid groups (broad SMARTS) is 2. The summed E-state index contributed by atoms with van der Waals surface area (Å²) in [6, 6.07) is 5.67. The maximum atomic E-state index is 12.4. The molecule has 36 heavy (non-hydrogen) atoms. The average Bonchev–Trinajstić information content (AvgIpc) is 2.66. The molecule has 0 amide bonds. The molecule has 2 aliphatic heterocycles. The predicted octanol–water partition coefficient (Wildman–Crippen LogP) is 5.20. The molecule has 0 bridgehead atoms. The number of benzene rings is 1. The number of aliphatic carboxylic acids is 2. The summed E-state index contributed by atoms with van der Waals surface area (Å²) in [6.07, 6.45) is 2.93. The zero-order valence-corrected chi connectivity index (χ0v) is 23.3. The highest BCUT2D eigenvalue weighted by atomic mass is 16.5. The van der Waals surface area contributed by atoms with Gasteiger partial charge in [-0.05, 0) is 122 Å². The van der Waals surface area contributed by atoms with E-state index in [1.165, 1.54) is 0 Å². The number of ether oxygens (including phenoxy) is 1. The summed E-state index contributed by atoms with van der Waals surface area (Å²) in [6.45, 7) is 17.1. The van der Waals surface area contributed by atoms with Crippen LogP contribution in [-0.2, 0) is 9.59 Å². The predicted molar refractivity (Wildman–Crippen MR) is 142 cm³/mol. The molecule has 0 unspecified atom stereocenters. The van der Waals surface area contributed by atoms with E-state index in [9.17, 15) is 19.8 Å². The maximum Gasteiger partial charge on any atom is 0.343 e. The van der Waals surface area contributed by atoms with Crippen molar-refractivity contribution in [2.75, 3.05) is 7.11 Å². The van der Waals surface area contributed by atoms with E-state index in [1.54, 1.807) is 7.11 Å². The van der Waals surface area contributed by atoms with Crippen LogP contribution in [0.1, 0.15) is 98.1 Å². The van der Waals surface area contributed by atoms with Gasteiger partial charge in [0.15, 0.2) is 0 Å². The second kappa shape index (κ2) is 9.49. The zero-order valence-electron chi connectivity index (χ0n) is 23.3. The van der Waals surface area contributed by atoms with Crippen LogP contribution in [0.25, 0.3) is 5.57 Å². The molecule has 2 heterocycles. The van der Waals surface area contributed by atoms with Gasteiger partial charge in [-0.15, -0.1) is 0 Å². The molecule has 0 aliphatic carbocycles. The Morgan fingerprint density at radius 1 is 0.806 bits per heavy atom. The van der Waals surface area contributed by atoms with Crippen LogP contribution in [0.4, 0.5) is 0 Å². The van der Waals surface area contributed by atoms with Gasteiger partial charge in [0.25, 0.3) is 0 Å². The Morgan fingerprint density at radius 3 is 1.67 bits per heavy atom. The van der Waals surface area contributed by atoms with Crippen molar-refractivity contribution in [2.45, 2.75) is 109 Å². The molecule has 7 nitrogen and oxygen atoms in total. The molecule has 4 N–H and O–H groups in total. The third kappa shape index (κ3) is 6.30. The average molecular weight is 501 g/mol. The molecule has 2 saturated heterocycles. The molecule has 1 aromatic carbocycles. The van der Waals surface area contributed by atoms with Crippen molar-refractivity contribution in [3.8, 4) is 5.75 Å². The summed E-state index contributed by atoms with van der Waals surface area (Å²) in [5, 5.41) is 27.6. The normalized spacial score (nSPS) is 23.0. The number of hydrogen-bond donors (Lipinski definition) is 4. The van der Waals surface area contributed by atoms with Gasteiger partial charge in [-0.2, -0.15) is 0 Å². The van der Waals surface area contributed by atoms with Crippen molar-refractivity contribution in [3.63, 3.8) is 0 Å². The minimum absolute atomic E-state index is 0.0999. The Balaban J connectivity index is 2.32. The van der Waals surface area contributed by atoms with E-state index in [0.29, 0.717) is 29.7 Å². The molecule has 7 heteroatoms. The Hall–Kier alpha value is -2.38. The van der Waals surface area contributed by atoms with Crippen LogP contribution in [0.3, 0.4) is 0 Å². The monoisotopic (exact) mass is 500 g/mol. The SMILES string of the molecule is COc1ccc(C(=C(C(=O)O)C(=O)O)C2CC(C)(C)NC(C)(C)C2)c(C2CC(C)(C)NC(C)(C)C2)c1. The largest absolute Gasteiger partial charge is 0.497 e. The van der Waals surface area contributed by atoms with Crippen molar-refractivity contribution in [3.05, 3.63) is 34.9 Å². The van der Waals surface area contributed by atoms with Crippen molar-refractivity contribution in [1.82, 2.24) is 10.6 Å². The zero-order chi connectivity index (χ0) is 27.3. The van der Waals surface area contributed by atoms with Crippen LogP contribution in [0.2, 0.25) is 0 Å². The molecule has 0 saturated carbocycles. The highest BCUT2D eigenvalue weighted by Crippen LogP contribution is 2.47. The number of methoxy groups -OCH3 is 1. The second-order valence-corrected chi connectivity index (χ2v) is 13.3. The number of piperidine rings is 2. The van der Waals surface area contributed by atoms with Gasteiger partial charge in [-0.3, -0.25) is 0 Å². The molecule has 1 aromatic rings. The highest BCUT2D eigenvalue weighted by Gasteiger charge is 2.44. The van der Waals surface area contributed by atoms with Gasteiger partial charge in [-0.25, -0.2) is 9.59 Å². The molecule has 2 aliphatic rings. The fourth-order valence-corrected chi connectivity index (χ4v) is 7.20. The summed E-state index contributed by atoms with van der Waals surface area (Å²) < 4.78 is 5.58. The Morgan fingerprint density at radius 2 is 1.25 bits per heavy atom. The topological polar surface area (TPSA) is 108 Å². The lowest BCUT2D eigenvalue weighted by Crippen LogP contribution is -2.58. The van der Waals surface area contributed by atoms with Gasteiger partial charge in [0.05, 0.1) is 7.11 Å².